The standard InChI is InChI=1S/C19H28N2O3/c1-13-7-6-9-16(14(13)2)21-18(22)11-12-20-19(23)15-8-4-5-10-17(15)24-3/h4-5,8,10,13-14,16H,6-7,9,11-12H2,1-3H3,(H,20,23)(H,21,22)/t13-,14+,16+/m1/s1. The van der Waals surface area contributed by atoms with Crippen molar-refractivity contribution < 1.29 is 14.3 Å². The average molecular weight is 332 g/mol. The lowest BCUT2D eigenvalue weighted by atomic mass is 9.78. The monoisotopic (exact) mass is 332 g/mol. The predicted molar refractivity (Wildman–Crippen MR) is 94.1 cm³/mol. The second-order valence-electron chi connectivity index (χ2n) is 6.65. The minimum Gasteiger partial charge on any atom is -0.496 e. The molecular weight excluding hydrogens is 304 g/mol. The summed E-state index contributed by atoms with van der Waals surface area (Å²) >= 11 is 0. The van der Waals surface area contributed by atoms with Crippen LogP contribution in [0.2, 0.25) is 0 Å². The van der Waals surface area contributed by atoms with Crippen molar-refractivity contribution >= 4 is 11.8 Å². The maximum Gasteiger partial charge on any atom is 0.255 e. The number of rotatable bonds is 6. The number of methoxy groups -OCH3 is 1. The van der Waals surface area contributed by atoms with Crippen LogP contribution >= 0.6 is 0 Å². The van der Waals surface area contributed by atoms with Crippen molar-refractivity contribution in [3.63, 3.8) is 0 Å². The van der Waals surface area contributed by atoms with Gasteiger partial charge in [0.25, 0.3) is 5.91 Å². The molecule has 0 aliphatic heterocycles. The van der Waals surface area contributed by atoms with Crippen molar-refractivity contribution in [2.75, 3.05) is 13.7 Å². The van der Waals surface area contributed by atoms with Crippen LogP contribution in [0.25, 0.3) is 0 Å². The van der Waals surface area contributed by atoms with E-state index >= 15 is 0 Å². The Labute approximate surface area is 144 Å². The van der Waals surface area contributed by atoms with Crippen LogP contribution in [0, 0.1) is 11.8 Å². The Kier molecular flexibility index (Phi) is 6.64. The van der Waals surface area contributed by atoms with Crippen molar-refractivity contribution in [1.82, 2.24) is 10.6 Å². The van der Waals surface area contributed by atoms with Gasteiger partial charge in [-0.25, -0.2) is 0 Å². The summed E-state index contributed by atoms with van der Waals surface area (Å²) in [5.41, 5.74) is 0.482. The van der Waals surface area contributed by atoms with Crippen molar-refractivity contribution in [3.8, 4) is 5.75 Å². The predicted octanol–water partition coefficient (Wildman–Crippen LogP) is 2.76. The molecule has 0 unspecified atom stereocenters. The summed E-state index contributed by atoms with van der Waals surface area (Å²) in [6.07, 6.45) is 3.74. The van der Waals surface area contributed by atoms with Crippen LogP contribution in [-0.4, -0.2) is 31.5 Å². The Balaban J connectivity index is 1.77. The summed E-state index contributed by atoms with van der Waals surface area (Å²) in [4.78, 5) is 24.3. The van der Waals surface area contributed by atoms with Gasteiger partial charge in [0.15, 0.2) is 0 Å². The molecule has 132 valence electrons. The van der Waals surface area contributed by atoms with Gasteiger partial charge in [-0.05, 0) is 30.4 Å². The molecule has 2 rings (SSSR count). The number of hydrogen-bond acceptors (Lipinski definition) is 3. The maximum absolute atomic E-state index is 12.2. The number of benzene rings is 1. The van der Waals surface area contributed by atoms with Gasteiger partial charge in [0.05, 0.1) is 12.7 Å². The molecule has 1 saturated carbocycles. The minimum absolute atomic E-state index is 0.00118. The van der Waals surface area contributed by atoms with Gasteiger partial charge >= 0.3 is 0 Å². The topological polar surface area (TPSA) is 67.4 Å². The molecule has 0 bridgehead atoms. The van der Waals surface area contributed by atoms with Crippen LogP contribution in [-0.2, 0) is 4.79 Å². The minimum atomic E-state index is -0.222. The number of ether oxygens (including phenoxy) is 1. The fourth-order valence-corrected chi connectivity index (χ4v) is 3.28. The van der Waals surface area contributed by atoms with Crippen LogP contribution in [0.5, 0.6) is 5.75 Å². The SMILES string of the molecule is COc1ccccc1C(=O)NCCC(=O)N[C@H]1CCC[C@@H](C)[C@@H]1C. The maximum atomic E-state index is 12.2. The number of nitrogens with one attached hydrogen (secondary N) is 2. The van der Waals surface area contributed by atoms with Gasteiger partial charge in [-0.3, -0.25) is 9.59 Å². The van der Waals surface area contributed by atoms with E-state index < -0.39 is 0 Å². The zero-order chi connectivity index (χ0) is 17.5. The van der Waals surface area contributed by atoms with E-state index in [1.807, 2.05) is 6.07 Å². The van der Waals surface area contributed by atoms with Gasteiger partial charge in [0, 0.05) is 19.0 Å². The fourth-order valence-electron chi connectivity index (χ4n) is 3.28. The van der Waals surface area contributed by atoms with Crippen molar-refractivity contribution in [3.05, 3.63) is 29.8 Å². The van der Waals surface area contributed by atoms with E-state index in [0.29, 0.717) is 36.1 Å². The number of carbonyl (C=O) groups excluding carboxylic acids is 2. The molecule has 1 fully saturated rings. The van der Waals surface area contributed by atoms with Crippen molar-refractivity contribution in [2.45, 2.75) is 45.6 Å². The van der Waals surface area contributed by atoms with E-state index in [1.165, 1.54) is 20.0 Å². The Hall–Kier alpha value is -2.04. The van der Waals surface area contributed by atoms with E-state index in [1.54, 1.807) is 18.2 Å². The van der Waals surface area contributed by atoms with Crippen LogP contribution < -0.4 is 15.4 Å². The first kappa shape index (κ1) is 18.3. The molecular formula is C19H28N2O3. The Morgan fingerprint density at radius 1 is 1.21 bits per heavy atom. The molecule has 0 saturated heterocycles. The lowest BCUT2D eigenvalue weighted by molar-refractivity contribution is -0.122. The van der Waals surface area contributed by atoms with Crippen LogP contribution in [0.15, 0.2) is 24.3 Å². The molecule has 1 aromatic rings. The Bertz CT molecular complexity index is 573. The fraction of sp³-hybridized carbons (Fsp3) is 0.579. The molecule has 1 aromatic carbocycles. The summed E-state index contributed by atoms with van der Waals surface area (Å²) in [6, 6.07) is 7.31. The molecule has 5 nitrogen and oxygen atoms in total. The molecule has 24 heavy (non-hydrogen) atoms. The normalized spacial score (nSPS) is 23.4. The van der Waals surface area contributed by atoms with Gasteiger partial charge in [-0.2, -0.15) is 0 Å². The lowest BCUT2D eigenvalue weighted by Gasteiger charge is -2.34. The van der Waals surface area contributed by atoms with Gasteiger partial charge in [0.2, 0.25) is 5.91 Å². The summed E-state index contributed by atoms with van der Waals surface area (Å²) in [7, 11) is 1.53. The van der Waals surface area contributed by atoms with E-state index in [4.69, 9.17) is 4.74 Å². The van der Waals surface area contributed by atoms with Crippen molar-refractivity contribution in [1.29, 1.82) is 0 Å². The summed E-state index contributed by atoms with van der Waals surface area (Å²) in [5.74, 6) is 1.46. The third kappa shape index (κ3) is 4.73. The lowest BCUT2D eigenvalue weighted by Crippen LogP contribution is -2.44. The van der Waals surface area contributed by atoms with Crippen molar-refractivity contribution in [2.24, 2.45) is 11.8 Å². The highest BCUT2D eigenvalue weighted by molar-refractivity contribution is 5.97. The van der Waals surface area contributed by atoms with Gasteiger partial charge in [0.1, 0.15) is 5.75 Å². The quantitative estimate of drug-likeness (QED) is 0.842. The number of para-hydroxylation sites is 1. The first-order valence-corrected chi connectivity index (χ1v) is 8.73. The van der Waals surface area contributed by atoms with E-state index in [0.717, 1.165) is 6.42 Å². The molecule has 2 N–H and O–H groups in total. The second kappa shape index (κ2) is 8.71. The summed E-state index contributed by atoms with van der Waals surface area (Å²) in [6.45, 7) is 4.77. The van der Waals surface area contributed by atoms with Gasteiger partial charge < -0.3 is 15.4 Å². The summed E-state index contributed by atoms with van der Waals surface area (Å²) in [5, 5.41) is 5.90. The van der Waals surface area contributed by atoms with E-state index in [-0.39, 0.29) is 17.9 Å². The van der Waals surface area contributed by atoms with Gasteiger partial charge in [-0.1, -0.05) is 38.8 Å². The second-order valence-corrected chi connectivity index (χ2v) is 6.65. The smallest absolute Gasteiger partial charge is 0.255 e. The van der Waals surface area contributed by atoms with Crippen LogP contribution in [0.3, 0.4) is 0 Å². The first-order chi connectivity index (χ1) is 11.5. The average Bonchev–Trinajstić information content (AvgIpc) is 2.58. The molecule has 1 aliphatic carbocycles. The molecule has 2 amide bonds. The number of amides is 2. The summed E-state index contributed by atoms with van der Waals surface area (Å²) < 4.78 is 5.18. The third-order valence-corrected chi connectivity index (χ3v) is 5.04. The van der Waals surface area contributed by atoms with Crippen LogP contribution in [0.1, 0.15) is 49.9 Å². The highest BCUT2D eigenvalue weighted by Crippen LogP contribution is 2.29. The van der Waals surface area contributed by atoms with Gasteiger partial charge in [-0.15, -0.1) is 0 Å². The number of hydrogen-bond donors (Lipinski definition) is 2. The largest absolute Gasteiger partial charge is 0.496 e. The Morgan fingerprint density at radius 3 is 2.71 bits per heavy atom. The zero-order valence-corrected chi connectivity index (χ0v) is 14.8. The number of carbonyl (C=O) groups is 2. The molecule has 0 heterocycles. The molecule has 3 atom stereocenters. The molecule has 0 aromatic heterocycles. The Morgan fingerprint density at radius 2 is 1.96 bits per heavy atom. The highest BCUT2D eigenvalue weighted by atomic mass is 16.5. The molecule has 1 aliphatic rings. The molecule has 5 heteroatoms. The molecule has 0 radical (unpaired) electrons. The highest BCUT2D eigenvalue weighted by Gasteiger charge is 2.27. The third-order valence-electron chi connectivity index (χ3n) is 5.04. The zero-order valence-electron chi connectivity index (χ0n) is 14.8. The van der Waals surface area contributed by atoms with E-state index in [2.05, 4.69) is 24.5 Å². The molecule has 0 spiro atoms. The van der Waals surface area contributed by atoms with Crippen LogP contribution in [0.4, 0.5) is 0 Å². The first-order valence-electron chi connectivity index (χ1n) is 8.73. The van der Waals surface area contributed by atoms with E-state index in [9.17, 15) is 9.59 Å².